The highest BCUT2D eigenvalue weighted by atomic mass is 35.5. The molecule has 36 heavy (non-hydrogen) atoms. The molecule has 1 N–H and O–H groups in total. The Hall–Kier alpha value is -3.47. The molecule has 1 aliphatic rings. The van der Waals surface area contributed by atoms with Gasteiger partial charge in [-0.2, -0.15) is 9.61 Å². The summed E-state index contributed by atoms with van der Waals surface area (Å²) in [7, 11) is 1.55. The van der Waals surface area contributed by atoms with Crippen LogP contribution in [0.1, 0.15) is 11.3 Å². The molecule has 11 heteroatoms. The Labute approximate surface area is 216 Å². The maximum atomic E-state index is 12.8. The van der Waals surface area contributed by atoms with Crippen LogP contribution in [0.25, 0.3) is 15.5 Å². The predicted octanol–water partition coefficient (Wildman–Crippen LogP) is 4.14. The molecule has 0 spiro atoms. The molecule has 1 saturated heterocycles. The predicted molar refractivity (Wildman–Crippen MR) is 141 cm³/mol. The first-order valence-corrected chi connectivity index (χ1v) is 12.7. The minimum Gasteiger partial charge on any atom is -0.495 e. The normalized spacial score (nSPS) is 14.2. The molecule has 0 saturated carbocycles. The van der Waals surface area contributed by atoms with Crippen LogP contribution in [0.15, 0.2) is 53.3 Å². The van der Waals surface area contributed by atoms with E-state index in [4.69, 9.17) is 21.3 Å². The lowest BCUT2D eigenvalue weighted by molar-refractivity contribution is 0.142. The summed E-state index contributed by atoms with van der Waals surface area (Å²) >= 11 is 7.47. The van der Waals surface area contributed by atoms with Gasteiger partial charge in [-0.15, -0.1) is 0 Å². The molecule has 0 atom stereocenters. The quantitative estimate of drug-likeness (QED) is 0.422. The topological polar surface area (TPSA) is 92.1 Å². The third kappa shape index (κ3) is 5.20. The van der Waals surface area contributed by atoms with Gasteiger partial charge in [0.1, 0.15) is 10.8 Å². The lowest BCUT2D eigenvalue weighted by Gasteiger charge is -2.34. The van der Waals surface area contributed by atoms with E-state index in [2.05, 4.69) is 15.3 Å². The largest absolute Gasteiger partial charge is 0.495 e. The van der Waals surface area contributed by atoms with Gasteiger partial charge in [0.25, 0.3) is 5.56 Å². The van der Waals surface area contributed by atoms with E-state index in [1.807, 2.05) is 31.2 Å². The Kier molecular flexibility index (Phi) is 6.90. The van der Waals surface area contributed by atoms with Gasteiger partial charge in [0.15, 0.2) is 0 Å². The first-order chi connectivity index (χ1) is 17.4. The van der Waals surface area contributed by atoms with Crippen LogP contribution in [0.3, 0.4) is 0 Å². The maximum Gasteiger partial charge on any atom is 0.322 e. The van der Waals surface area contributed by atoms with Gasteiger partial charge in [0.2, 0.25) is 4.96 Å². The smallest absolute Gasteiger partial charge is 0.322 e. The molecule has 9 nitrogen and oxygen atoms in total. The van der Waals surface area contributed by atoms with Crippen LogP contribution < -0.4 is 15.6 Å². The van der Waals surface area contributed by atoms with E-state index in [1.165, 1.54) is 21.9 Å². The molecule has 0 radical (unpaired) electrons. The second-order valence-electron chi connectivity index (χ2n) is 8.59. The fourth-order valence-electron chi connectivity index (χ4n) is 4.14. The number of benzene rings is 2. The van der Waals surface area contributed by atoms with Crippen molar-refractivity contribution >= 4 is 39.6 Å². The number of hydrogen-bond acceptors (Lipinski definition) is 7. The number of fused-ring (bicyclic) bond motifs is 1. The minimum atomic E-state index is -0.207. The van der Waals surface area contributed by atoms with E-state index in [-0.39, 0.29) is 11.6 Å². The van der Waals surface area contributed by atoms with Gasteiger partial charge >= 0.3 is 6.03 Å². The summed E-state index contributed by atoms with van der Waals surface area (Å²) in [6.07, 6.45) is 0. The van der Waals surface area contributed by atoms with E-state index >= 15 is 0 Å². The molecular weight excluding hydrogens is 500 g/mol. The van der Waals surface area contributed by atoms with Crippen LogP contribution in [0.4, 0.5) is 10.5 Å². The maximum absolute atomic E-state index is 12.8. The van der Waals surface area contributed by atoms with Crippen LogP contribution in [-0.2, 0) is 6.54 Å². The van der Waals surface area contributed by atoms with Gasteiger partial charge in [0.05, 0.1) is 18.5 Å². The zero-order chi connectivity index (χ0) is 25.2. The van der Waals surface area contributed by atoms with Gasteiger partial charge in [-0.1, -0.05) is 46.7 Å². The molecule has 3 heterocycles. The average Bonchev–Trinajstić information content (AvgIpc) is 3.30. The van der Waals surface area contributed by atoms with Crippen molar-refractivity contribution in [2.75, 3.05) is 38.6 Å². The lowest BCUT2D eigenvalue weighted by atomic mass is 10.1. The van der Waals surface area contributed by atoms with Crippen LogP contribution in [-0.4, -0.2) is 63.7 Å². The first-order valence-electron chi connectivity index (χ1n) is 11.5. The zero-order valence-corrected chi connectivity index (χ0v) is 21.5. The van der Waals surface area contributed by atoms with Crippen LogP contribution in [0.2, 0.25) is 5.02 Å². The second kappa shape index (κ2) is 10.3. The number of piperazine rings is 1. The Balaban J connectivity index is 1.23. The lowest BCUT2D eigenvalue weighted by Crippen LogP contribution is -2.49. The van der Waals surface area contributed by atoms with Crippen molar-refractivity contribution in [1.82, 2.24) is 24.4 Å². The van der Waals surface area contributed by atoms with E-state index in [0.29, 0.717) is 59.8 Å². The number of amides is 2. The molecule has 0 unspecified atom stereocenters. The van der Waals surface area contributed by atoms with Gasteiger partial charge in [-0.25, -0.2) is 9.78 Å². The number of carbonyl (C=O) groups excluding carboxylic acids is 1. The summed E-state index contributed by atoms with van der Waals surface area (Å²) in [5.41, 5.74) is 3.13. The number of carbonyl (C=O) groups is 1. The van der Waals surface area contributed by atoms with Crippen molar-refractivity contribution in [3.63, 3.8) is 0 Å². The molecule has 2 aromatic heterocycles. The van der Waals surface area contributed by atoms with Crippen molar-refractivity contribution < 1.29 is 9.53 Å². The molecule has 2 amide bonds. The summed E-state index contributed by atoms with van der Waals surface area (Å²) in [6.45, 7) is 4.98. The molecule has 1 fully saturated rings. The van der Waals surface area contributed by atoms with Gasteiger partial charge in [-0.05, 0) is 31.2 Å². The standard InChI is InChI=1S/C25H25ClN6O3S/c1-16-4-3-5-17(12-16)23-29-32-22(33)14-19(27-25(32)36-23)15-30-8-10-31(11-9-30)24(34)28-20-13-18(26)6-7-21(20)35-2/h3-7,12-14H,8-11,15H2,1-2H3,(H,28,34). The number of hydrogen-bond donors (Lipinski definition) is 1. The fraction of sp³-hybridized carbons (Fsp3) is 0.280. The molecule has 4 aromatic rings. The average molecular weight is 525 g/mol. The number of anilines is 1. The van der Waals surface area contributed by atoms with Gasteiger partial charge in [-0.3, -0.25) is 9.69 Å². The Morgan fingerprint density at radius 2 is 1.94 bits per heavy atom. The van der Waals surface area contributed by atoms with E-state index in [9.17, 15) is 9.59 Å². The van der Waals surface area contributed by atoms with E-state index in [0.717, 1.165) is 16.1 Å². The molecule has 186 valence electrons. The van der Waals surface area contributed by atoms with E-state index in [1.54, 1.807) is 30.2 Å². The number of halogens is 1. The first kappa shape index (κ1) is 24.2. The Morgan fingerprint density at radius 3 is 2.69 bits per heavy atom. The number of aromatic nitrogens is 3. The highest BCUT2D eigenvalue weighted by Gasteiger charge is 2.23. The van der Waals surface area contributed by atoms with Crippen molar-refractivity contribution in [2.24, 2.45) is 0 Å². The molecule has 2 aromatic carbocycles. The number of rotatable bonds is 5. The van der Waals surface area contributed by atoms with Crippen molar-refractivity contribution in [1.29, 1.82) is 0 Å². The Bertz CT molecular complexity index is 1480. The minimum absolute atomic E-state index is 0.196. The third-order valence-corrected chi connectivity index (χ3v) is 7.20. The Morgan fingerprint density at radius 1 is 1.14 bits per heavy atom. The highest BCUT2D eigenvalue weighted by molar-refractivity contribution is 7.19. The highest BCUT2D eigenvalue weighted by Crippen LogP contribution is 2.28. The van der Waals surface area contributed by atoms with Gasteiger partial charge < -0.3 is 15.0 Å². The summed E-state index contributed by atoms with van der Waals surface area (Å²) in [5.74, 6) is 0.549. The van der Waals surface area contributed by atoms with Crippen LogP contribution in [0, 0.1) is 6.92 Å². The molecular formula is C25H25ClN6O3S. The summed E-state index contributed by atoms with van der Waals surface area (Å²) in [6, 6.07) is 14.4. The molecule has 0 aliphatic carbocycles. The van der Waals surface area contributed by atoms with Crippen molar-refractivity contribution in [3.8, 4) is 16.3 Å². The summed E-state index contributed by atoms with van der Waals surface area (Å²) in [4.78, 5) is 34.7. The van der Waals surface area contributed by atoms with E-state index < -0.39 is 0 Å². The molecule has 0 bridgehead atoms. The zero-order valence-electron chi connectivity index (χ0n) is 19.9. The number of nitrogens with one attached hydrogen (secondary N) is 1. The molecule has 5 rings (SSSR count). The van der Waals surface area contributed by atoms with Gasteiger partial charge in [0, 0.05) is 49.4 Å². The third-order valence-electron chi connectivity index (χ3n) is 6.01. The molecule has 1 aliphatic heterocycles. The monoisotopic (exact) mass is 524 g/mol. The van der Waals surface area contributed by atoms with Crippen LogP contribution >= 0.6 is 22.9 Å². The fourth-order valence-corrected chi connectivity index (χ4v) is 5.23. The summed E-state index contributed by atoms with van der Waals surface area (Å²) < 4.78 is 6.67. The van der Waals surface area contributed by atoms with Crippen molar-refractivity contribution in [2.45, 2.75) is 13.5 Å². The SMILES string of the molecule is COc1ccc(Cl)cc1NC(=O)N1CCN(Cc2cc(=O)n3nc(-c4cccc(C)c4)sc3n2)CC1. The number of methoxy groups -OCH3 is 1. The second-order valence-corrected chi connectivity index (χ2v) is 9.99. The summed E-state index contributed by atoms with van der Waals surface area (Å²) in [5, 5.41) is 8.63. The van der Waals surface area contributed by atoms with Crippen LogP contribution in [0.5, 0.6) is 5.75 Å². The number of aryl methyl sites for hydroxylation is 1. The number of urea groups is 1. The number of nitrogens with zero attached hydrogens (tertiary/aromatic N) is 5. The number of ether oxygens (including phenoxy) is 1. The van der Waals surface area contributed by atoms with Crippen molar-refractivity contribution in [3.05, 3.63) is 75.2 Å².